The molecular weight excluding hydrogens is 234 g/mol. The number of hydrogen-bond donors (Lipinski definition) is 1. The molecule has 0 bridgehead atoms. The van der Waals surface area contributed by atoms with E-state index in [1.807, 2.05) is 7.05 Å². The van der Waals surface area contributed by atoms with Gasteiger partial charge in [0, 0.05) is 13.1 Å². The molecule has 1 aromatic rings. The number of benzene rings is 1. The fraction of sp³-hybridized carbons (Fsp3) is 0.571. The van der Waals surface area contributed by atoms with E-state index < -0.39 is 11.6 Å². The van der Waals surface area contributed by atoms with Crippen molar-refractivity contribution >= 4 is 0 Å². The molecule has 2 N–H and O–H groups in total. The quantitative estimate of drug-likeness (QED) is 0.847. The van der Waals surface area contributed by atoms with Gasteiger partial charge in [-0.3, -0.25) is 0 Å². The van der Waals surface area contributed by atoms with Crippen LogP contribution in [0.4, 0.5) is 8.78 Å². The van der Waals surface area contributed by atoms with Gasteiger partial charge < -0.3 is 10.6 Å². The van der Waals surface area contributed by atoms with E-state index in [1.54, 1.807) is 6.07 Å². The first-order valence-corrected chi connectivity index (χ1v) is 6.26. The predicted molar refractivity (Wildman–Crippen MR) is 70.1 cm³/mol. The highest BCUT2D eigenvalue weighted by Crippen LogP contribution is 2.14. The first kappa shape index (κ1) is 15.1. The van der Waals surface area contributed by atoms with Gasteiger partial charge in [0.2, 0.25) is 0 Å². The zero-order chi connectivity index (χ0) is 13.7. The van der Waals surface area contributed by atoms with Crippen LogP contribution in [0.5, 0.6) is 0 Å². The molecule has 102 valence electrons. The van der Waals surface area contributed by atoms with Gasteiger partial charge in [0.1, 0.15) is 0 Å². The van der Waals surface area contributed by atoms with Gasteiger partial charge in [-0.25, -0.2) is 8.78 Å². The van der Waals surface area contributed by atoms with E-state index in [-0.39, 0.29) is 0 Å². The third-order valence-electron chi connectivity index (χ3n) is 3.23. The zero-order valence-electron chi connectivity index (χ0n) is 11.3. The Morgan fingerprint density at radius 1 is 1.22 bits per heavy atom. The van der Waals surface area contributed by atoms with Crippen LogP contribution in [0.3, 0.4) is 0 Å². The Labute approximate surface area is 108 Å². The lowest BCUT2D eigenvalue weighted by molar-refractivity contribution is 0.234. The van der Waals surface area contributed by atoms with Crippen LogP contribution in [0.15, 0.2) is 18.2 Å². The highest BCUT2D eigenvalue weighted by Gasteiger charge is 2.14. The summed E-state index contributed by atoms with van der Waals surface area (Å²) < 4.78 is 25.9. The third kappa shape index (κ3) is 4.35. The molecule has 4 heteroatoms. The minimum Gasteiger partial charge on any atom is -0.330 e. The molecule has 1 rings (SSSR count). The standard InChI is InChI=1S/C14H22F2N2/c1-10(2)12(7-17)9-18(3)8-11-4-5-13(15)14(16)6-11/h4-6,10,12H,7-9,17H2,1-3H3. The molecule has 1 unspecified atom stereocenters. The highest BCUT2D eigenvalue weighted by molar-refractivity contribution is 5.17. The monoisotopic (exact) mass is 256 g/mol. The van der Waals surface area contributed by atoms with Crippen molar-refractivity contribution in [1.29, 1.82) is 0 Å². The molecule has 1 atom stereocenters. The normalized spacial score (nSPS) is 13.3. The lowest BCUT2D eigenvalue weighted by Crippen LogP contribution is -2.32. The summed E-state index contributed by atoms with van der Waals surface area (Å²) in [5.74, 6) is -0.661. The van der Waals surface area contributed by atoms with Crippen molar-refractivity contribution in [2.75, 3.05) is 20.1 Å². The second-order valence-corrected chi connectivity index (χ2v) is 5.19. The van der Waals surface area contributed by atoms with Crippen LogP contribution in [0.1, 0.15) is 19.4 Å². The van der Waals surface area contributed by atoms with E-state index in [2.05, 4.69) is 18.7 Å². The number of halogens is 2. The predicted octanol–water partition coefficient (Wildman–Crippen LogP) is 2.63. The Morgan fingerprint density at radius 3 is 2.39 bits per heavy atom. The van der Waals surface area contributed by atoms with Gasteiger partial charge in [0.25, 0.3) is 0 Å². The molecular formula is C14H22F2N2. The van der Waals surface area contributed by atoms with Crippen LogP contribution in [-0.2, 0) is 6.54 Å². The first-order valence-electron chi connectivity index (χ1n) is 6.26. The van der Waals surface area contributed by atoms with Crippen LogP contribution in [0.25, 0.3) is 0 Å². The average molecular weight is 256 g/mol. The molecule has 2 nitrogen and oxygen atoms in total. The summed E-state index contributed by atoms with van der Waals surface area (Å²) in [6.45, 7) is 6.37. The fourth-order valence-corrected chi connectivity index (χ4v) is 1.97. The van der Waals surface area contributed by atoms with E-state index in [0.717, 1.165) is 12.1 Å². The van der Waals surface area contributed by atoms with Crippen LogP contribution >= 0.6 is 0 Å². The molecule has 0 saturated carbocycles. The Morgan fingerprint density at radius 2 is 1.89 bits per heavy atom. The molecule has 1 aromatic carbocycles. The SMILES string of the molecule is CC(C)C(CN)CN(C)Cc1ccc(F)c(F)c1. The molecule has 0 aliphatic rings. The Balaban J connectivity index is 2.58. The Hall–Kier alpha value is -1.00. The maximum absolute atomic E-state index is 13.1. The van der Waals surface area contributed by atoms with Crippen LogP contribution in [0.2, 0.25) is 0 Å². The van der Waals surface area contributed by atoms with E-state index in [0.29, 0.717) is 24.9 Å². The van der Waals surface area contributed by atoms with Gasteiger partial charge in [-0.05, 0) is 43.1 Å². The van der Waals surface area contributed by atoms with Gasteiger partial charge in [-0.1, -0.05) is 19.9 Å². The zero-order valence-corrected chi connectivity index (χ0v) is 11.3. The maximum Gasteiger partial charge on any atom is 0.159 e. The highest BCUT2D eigenvalue weighted by atomic mass is 19.2. The van der Waals surface area contributed by atoms with E-state index in [4.69, 9.17) is 5.73 Å². The number of hydrogen-bond acceptors (Lipinski definition) is 2. The lowest BCUT2D eigenvalue weighted by Gasteiger charge is -2.25. The summed E-state index contributed by atoms with van der Waals surface area (Å²) in [4.78, 5) is 2.09. The topological polar surface area (TPSA) is 29.3 Å². The van der Waals surface area contributed by atoms with Crippen molar-refractivity contribution in [3.63, 3.8) is 0 Å². The molecule has 0 aliphatic carbocycles. The van der Waals surface area contributed by atoms with Crippen LogP contribution < -0.4 is 5.73 Å². The van der Waals surface area contributed by atoms with Gasteiger partial charge in [0.15, 0.2) is 11.6 Å². The molecule has 0 fully saturated rings. The number of rotatable bonds is 6. The van der Waals surface area contributed by atoms with Gasteiger partial charge in [-0.15, -0.1) is 0 Å². The maximum atomic E-state index is 13.1. The third-order valence-corrected chi connectivity index (χ3v) is 3.23. The van der Waals surface area contributed by atoms with Gasteiger partial charge >= 0.3 is 0 Å². The summed E-state index contributed by atoms with van der Waals surface area (Å²) in [6, 6.07) is 4.03. The second-order valence-electron chi connectivity index (χ2n) is 5.19. The lowest BCUT2D eigenvalue weighted by atomic mass is 9.95. The molecule has 0 aliphatic heterocycles. The van der Waals surface area contributed by atoms with Crippen LogP contribution in [-0.4, -0.2) is 25.0 Å². The minimum atomic E-state index is -0.802. The van der Waals surface area contributed by atoms with Crippen molar-refractivity contribution in [2.24, 2.45) is 17.6 Å². The molecule has 0 radical (unpaired) electrons. The summed E-state index contributed by atoms with van der Waals surface area (Å²) in [5.41, 5.74) is 6.50. The Bertz CT molecular complexity index is 380. The first-order chi connectivity index (χ1) is 8.43. The van der Waals surface area contributed by atoms with Gasteiger partial charge in [-0.2, -0.15) is 0 Å². The number of nitrogens with zero attached hydrogens (tertiary/aromatic N) is 1. The summed E-state index contributed by atoms with van der Waals surface area (Å²) >= 11 is 0. The van der Waals surface area contributed by atoms with E-state index in [9.17, 15) is 8.78 Å². The van der Waals surface area contributed by atoms with Crippen molar-refractivity contribution in [2.45, 2.75) is 20.4 Å². The van der Waals surface area contributed by atoms with Crippen molar-refractivity contribution in [3.05, 3.63) is 35.4 Å². The summed E-state index contributed by atoms with van der Waals surface area (Å²) in [7, 11) is 1.96. The molecule has 0 spiro atoms. The van der Waals surface area contributed by atoms with Crippen LogP contribution in [0, 0.1) is 23.5 Å². The Kier molecular flexibility index (Phi) is 5.69. The van der Waals surface area contributed by atoms with E-state index in [1.165, 1.54) is 12.1 Å². The molecule has 0 aromatic heterocycles. The second kappa shape index (κ2) is 6.81. The van der Waals surface area contributed by atoms with Crippen molar-refractivity contribution < 1.29 is 8.78 Å². The molecule has 0 saturated heterocycles. The summed E-state index contributed by atoms with van der Waals surface area (Å²) in [6.07, 6.45) is 0. The van der Waals surface area contributed by atoms with Crippen molar-refractivity contribution in [3.8, 4) is 0 Å². The average Bonchev–Trinajstić information content (AvgIpc) is 2.30. The van der Waals surface area contributed by atoms with Crippen molar-refractivity contribution in [1.82, 2.24) is 4.90 Å². The summed E-state index contributed by atoms with van der Waals surface area (Å²) in [5, 5.41) is 0. The smallest absolute Gasteiger partial charge is 0.159 e. The largest absolute Gasteiger partial charge is 0.330 e. The number of nitrogens with two attached hydrogens (primary N) is 1. The van der Waals surface area contributed by atoms with Gasteiger partial charge in [0.05, 0.1) is 0 Å². The molecule has 18 heavy (non-hydrogen) atoms. The minimum absolute atomic E-state index is 0.417. The fourth-order valence-electron chi connectivity index (χ4n) is 1.97. The molecule has 0 heterocycles. The van der Waals surface area contributed by atoms with E-state index >= 15 is 0 Å². The molecule has 0 amide bonds.